The second-order valence-electron chi connectivity index (χ2n) is 4.97. The molecule has 0 fully saturated rings. The van der Waals surface area contributed by atoms with Gasteiger partial charge >= 0.3 is 0 Å². The molecule has 0 aromatic heterocycles. The van der Waals surface area contributed by atoms with Crippen molar-refractivity contribution in [3.63, 3.8) is 0 Å². The van der Waals surface area contributed by atoms with Gasteiger partial charge in [-0.25, -0.2) is 9.82 Å². The molecule has 2 aromatic rings. The Hall–Kier alpha value is -3.29. The molecule has 1 amide bonds. The summed E-state index contributed by atoms with van der Waals surface area (Å²) in [7, 11) is 1.51. The van der Waals surface area contributed by atoms with Crippen LogP contribution in [0.25, 0.3) is 0 Å². The molecule has 3 rings (SSSR count). The van der Waals surface area contributed by atoms with Crippen LogP contribution in [0, 0.1) is 5.82 Å². The summed E-state index contributed by atoms with van der Waals surface area (Å²) in [6.45, 7) is -0.237. The summed E-state index contributed by atoms with van der Waals surface area (Å²) >= 11 is 0. The minimum Gasteiger partial charge on any atom is -0.493 e. The summed E-state index contributed by atoms with van der Waals surface area (Å²) in [4.78, 5) is 11.7. The zero-order valence-corrected chi connectivity index (χ0v) is 13.3. The molecule has 7 nitrogen and oxygen atoms in total. The third-order valence-electron chi connectivity index (χ3n) is 3.28. The zero-order valence-electron chi connectivity index (χ0n) is 13.3. The summed E-state index contributed by atoms with van der Waals surface area (Å²) in [5.41, 5.74) is 2.95. The SMILES string of the molecule is COc1cc(/C=N\NC(=O)COc2ccccc2F)cc2c1OCO2. The highest BCUT2D eigenvalue weighted by Gasteiger charge is 2.19. The normalized spacial score (nSPS) is 12.2. The topological polar surface area (TPSA) is 78.4 Å². The van der Waals surface area contributed by atoms with Crippen molar-refractivity contribution in [2.75, 3.05) is 20.5 Å². The molecule has 0 spiro atoms. The first-order valence-corrected chi connectivity index (χ1v) is 7.34. The Kier molecular flexibility index (Phi) is 4.98. The summed E-state index contributed by atoms with van der Waals surface area (Å²) in [6, 6.07) is 9.23. The first kappa shape index (κ1) is 16.6. The average Bonchev–Trinajstić information content (AvgIpc) is 3.09. The Morgan fingerprint density at radius 3 is 2.96 bits per heavy atom. The molecule has 0 atom stereocenters. The fourth-order valence-electron chi connectivity index (χ4n) is 2.14. The number of nitrogens with one attached hydrogen (secondary N) is 1. The zero-order chi connectivity index (χ0) is 17.6. The van der Waals surface area contributed by atoms with Crippen molar-refractivity contribution in [1.29, 1.82) is 0 Å². The Bertz CT molecular complexity index is 810. The van der Waals surface area contributed by atoms with Gasteiger partial charge in [0.05, 0.1) is 13.3 Å². The lowest BCUT2D eigenvalue weighted by molar-refractivity contribution is -0.123. The molecule has 130 valence electrons. The number of amides is 1. The van der Waals surface area contributed by atoms with Crippen LogP contribution in [0.3, 0.4) is 0 Å². The van der Waals surface area contributed by atoms with Gasteiger partial charge in [0.15, 0.2) is 29.7 Å². The number of hydrazone groups is 1. The number of fused-ring (bicyclic) bond motifs is 1. The number of halogens is 1. The maximum absolute atomic E-state index is 13.4. The van der Waals surface area contributed by atoms with Gasteiger partial charge < -0.3 is 18.9 Å². The fraction of sp³-hybridized carbons (Fsp3) is 0.176. The van der Waals surface area contributed by atoms with E-state index in [0.717, 1.165) is 0 Å². The quantitative estimate of drug-likeness (QED) is 0.640. The van der Waals surface area contributed by atoms with E-state index < -0.39 is 11.7 Å². The van der Waals surface area contributed by atoms with Crippen LogP contribution in [0.4, 0.5) is 4.39 Å². The van der Waals surface area contributed by atoms with Gasteiger partial charge in [0.1, 0.15) is 0 Å². The molecular weight excluding hydrogens is 331 g/mol. The van der Waals surface area contributed by atoms with Crippen LogP contribution in [0.1, 0.15) is 5.56 Å². The Morgan fingerprint density at radius 2 is 2.16 bits per heavy atom. The van der Waals surface area contributed by atoms with Crippen LogP contribution in [-0.2, 0) is 4.79 Å². The molecule has 0 saturated carbocycles. The molecule has 0 aliphatic carbocycles. The minimum absolute atomic E-state index is 0.00198. The number of carbonyl (C=O) groups excluding carboxylic acids is 1. The third kappa shape index (κ3) is 3.97. The molecule has 0 unspecified atom stereocenters. The minimum atomic E-state index is -0.536. The van der Waals surface area contributed by atoms with E-state index in [9.17, 15) is 9.18 Å². The summed E-state index contributed by atoms with van der Waals surface area (Å²) in [5, 5.41) is 3.83. The molecule has 0 radical (unpaired) electrons. The molecule has 1 aliphatic heterocycles. The molecular formula is C17H15FN2O5. The average molecular weight is 346 g/mol. The van der Waals surface area contributed by atoms with E-state index >= 15 is 0 Å². The Morgan fingerprint density at radius 1 is 1.32 bits per heavy atom. The van der Waals surface area contributed by atoms with Gasteiger partial charge in [-0.2, -0.15) is 5.10 Å². The van der Waals surface area contributed by atoms with Crippen molar-refractivity contribution < 1.29 is 28.1 Å². The molecule has 25 heavy (non-hydrogen) atoms. The van der Waals surface area contributed by atoms with Gasteiger partial charge in [0, 0.05) is 5.56 Å². The van der Waals surface area contributed by atoms with Crippen molar-refractivity contribution >= 4 is 12.1 Å². The highest BCUT2D eigenvalue weighted by atomic mass is 19.1. The highest BCUT2D eigenvalue weighted by Crippen LogP contribution is 2.41. The van der Waals surface area contributed by atoms with Crippen LogP contribution in [0.15, 0.2) is 41.5 Å². The molecule has 1 heterocycles. The molecule has 0 bridgehead atoms. The van der Waals surface area contributed by atoms with E-state index in [4.69, 9.17) is 18.9 Å². The number of benzene rings is 2. The van der Waals surface area contributed by atoms with E-state index in [1.165, 1.54) is 31.5 Å². The molecule has 1 aliphatic rings. The number of para-hydroxylation sites is 1. The van der Waals surface area contributed by atoms with Crippen LogP contribution >= 0.6 is 0 Å². The largest absolute Gasteiger partial charge is 0.493 e. The van der Waals surface area contributed by atoms with Crippen molar-refractivity contribution in [3.8, 4) is 23.0 Å². The van der Waals surface area contributed by atoms with E-state index in [1.807, 2.05) is 0 Å². The first-order valence-electron chi connectivity index (χ1n) is 7.34. The predicted molar refractivity (Wildman–Crippen MR) is 86.7 cm³/mol. The van der Waals surface area contributed by atoms with Crippen LogP contribution < -0.4 is 24.4 Å². The predicted octanol–water partition coefficient (Wildman–Crippen LogP) is 2.09. The first-order chi connectivity index (χ1) is 12.2. The van der Waals surface area contributed by atoms with E-state index in [0.29, 0.717) is 22.8 Å². The smallest absolute Gasteiger partial charge is 0.277 e. The molecule has 2 aromatic carbocycles. The van der Waals surface area contributed by atoms with Gasteiger partial charge in [0.25, 0.3) is 5.91 Å². The van der Waals surface area contributed by atoms with Crippen molar-refractivity contribution in [2.45, 2.75) is 0 Å². The van der Waals surface area contributed by atoms with Crippen LogP contribution in [-0.4, -0.2) is 32.6 Å². The van der Waals surface area contributed by atoms with Gasteiger partial charge in [-0.15, -0.1) is 0 Å². The van der Waals surface area contributed by atoms with Gasteiger partial charge in [0.2, 0.25) is 12.5 Å². The lowest BCUT2D eigenvalue weighted by atomic mass is 10.2. The number of carbonyl (C=O) groups is 1. The lowest BCUT2D eigenvalue weighted by Gasteiger charge is -2.06. The standard InChI is InChI=1S/C17H15FN2O5/c1-22-14-6-11(7-15-17(14)25-10-24-15)8-19-20-16(21)9-23-13-5-3-2-4-12(13)18/h2-8H,9-10H2,1H3,(H,20,21)/b19-8-. The van der Waals surface area contributed by atoms with Crippen LogP contribution in [0.2, 0.25) is 0 Å². The Balaban J connectivity index is 1.56. The molecule has 1 N–H and O–H groups in total. The van der Waals surface area contributed by atoms with E-state index in [1.54, 1.807) is 18.2 Å². The lowest BCUT2D eigenvalue weighted by Crippen LogP contribution is -2.24. The number of methoxy groups -OCH3 is 1. The second-order valence-corrected chi connectivity index (χ2v) is 4.97. The summed E-state index contributed by atoms with van der Waals surface area (Å²) < 4.78 is 34.3. The van der Waals surface area contributed by atoms with Crippen molar-refractivity contribution in [3.05, 3.63) is 47.8 Å². The van der Waals surface area contributed by atoms with Gasteiger partial charge in [-0.1, -0.05) is 12.1 Å². The number of ether oxygens (including phenoxy) is 4. The number of hydrogen-bond donors (Lipinski definition) is 1. The fourth-order valence-corrected chi connectivity index (χ4v) is 2.14. The summed E-state index contributed by atoms with van der Waals surface area (Å²) in [5.74, 6) is 0.517. The summed E-state index contributed by atoms with van der Waals surface area (Å²) in [6.07, 6.45) is 1.42. The van der Waals surface area contributed by atoms with Gasteiger partial charge in [-0.05, 0) is 24.3 Å². The number of rotatable bonds is 6. The maximum Gasteiger partial charge on any atom is 0.277 e. The highest BCUT2D eigenvalue weighted by molar-refractivity contribution is 5.84. The maximum atomic E-state index is 13.4. The monoisotopic (exact) mass is 346 g/mol. The van der Waals surface area contributed by atoms with E-state index in [-0.39, 0.29) is 19.1 Å². The van der Waals surface area contributed by atoms with Crippen molar-refractivity contribution in [1.82, 2.24) is 5.43 Å². The third-order valence-corrected chi connectivity index (χ3v) is 3.28. The number of hydrogen-bond acceptors (Lipinski definition) is 6. The molecule has 0 saturated heterocycles. The van der Waals surface area contributed by atoms with Gasteiger partial charge in [-0.3, -0.25) is 4.79 Å². The molecule has 8 heteroatoms. The van der Waals surface area contributed by atoms with Crippen molar-refractivity contribution in [2.24, 2.45) is 5.10 Å². The Labute approximate surface area is 143 Å². The second kappa shape index (κ2) is 7.52. The number of nitrogens with zero attached hydrogens (tertiary/aromatic N) is 1. The van der Waals surface area contributed by atoms with E-state index in [2.05, 4.69) is 10.5 Å². The van der Waals surface area contributed by atoms with Crippen LogP contribution in [0.5, 0.6) is 23.0 Å².